The van der Waals surface area contributed by atoms with Gasteiger partial charge in [-0.05, 0) is 7.05 Å². The van der Waals surface area contributed by atoms with Gasteiger partial charge >= 0.3 is 0 Å². The van der Waals surface area contributed by atoms with Gasteiger partial charge in [0, 0.05) is 26.2 Å². The number of hydrogen-bond donors (Lipinski definition) is 0. The van der Waals surface area contributed by atoms with Gasteiger partial charge in [-0.3, -0.25) is 4.98 Å². The Labute approximate surface area is 89.0 Å². The van der Waals surface area contributed by atoms with Gasteiger partial charge in [0.1, 0.15) is 11.9 Å². The van der Waals surface area contributed by atoms with Gasteiger partial charge in [0.05, 0.1) is 12.4 Å². The Morgan fingerprint density at radius 1 is 1.27 bits per heavy atom. The number of nitrogens with zero attached hydrogens (tertiary/aromatic N) is 5. The van der Waals surface area contributed by atoms with Crippen LogP contribution in [-0.4, -0.2) is 48.1 Å². The van der Waals surface area contributed by atoms with Gasteiger partial charge < -0.3 is 9.80 Å². The van der Waals surface area contributed by atoms with Crippen LogP contribution < -0.4 is 4.90 Å². The van der Waals surface area contributed by atoms with E-state index in [0.717, 1.165) is 32.0 Å². The van der Waals surface area contributed by atoms with Crippen molar-refractivity contribution in [2.24, 2.45) is 0 Å². The smallest absolute Gasteiger partial charge is 0.161 e. The van der Waals surface area contributed by atoms with Crippen molar-refractivity contribution in [3.05, 3.63) is 18.1 Å². The van der Waals surface area contributed by atoms with Crippen LogP contribution in [-0.2, 0) is 0 Å². The van der Waals surface area contributed by atoms with Crippen molar-refractivity contribution in [3.63, 3.8) is 0 Å². The highest BCUT2D eigenvalue weighted by Gasteiger charge is 2.15. The molecule has 1 aliphatic rings. The van der Waals surface area contributed by atoms with Crippen molar-refractivity contribution in [3.8, 4) is 6.07 Å². The lowest BCUT2D eigenvalue weighted by molar-refractivity contribution is 0.312. The number of piperazine rings is 1. The molecule has 0 spiro atoms. The Bertz CT molecular complexity index is 376. The second-order valence-corrected chi connectivity index (χ2v) is 3.66. The van der Waals surface area contributed by atoms with E-state index in [-0.39, 0.29) is 0 Å². The number of hydrogen-bond acceptors (Lipinski definition) is 5. The quantitative estimate of drug-likeness (QED) is 0.648. The summed E-state index contributed by atoms with van der Waals surface area (Å²) in [5.74, 6) is 0.808. The fraction of sp³-hybridized carbons (Fsp3) is 0.500. The number of rotatable bonds is 1. The van der Waals surface area contributed by atoms with Gasteiger partial charge in [-0.2, -0.15) is 5.26 Å². The third-order valence-corrected chi connectivity index (χ3v) is 2.56. The summed E-state index contributed by atoms with van der Waals surface area (Å²) in [5.41, 5.74) is 0.381. The number of likely N-dealkylation sites (N-methyl/N-ethyl adjacent to an activating group) is 1. The topological polar surface area (TPSA) is 56.0 Å². The van der Waals surface area contributed by atoms with Crippen molar-refractivity contribution in [2.45, 2.75) is 0 Å². The summed E-state index contributed by atoms with van der Waals surface area (Å²) in [6.45, 7) is 3.94. The molecule has 0 aliphatic carbocycles. The molecule has 0 bridgehead atoms. The molecule has 0 atom stereocenters. The average molecular weight is 203 g/mol. The highest BCUT2D eigenvalue weighted by molar-refractivity contribution is 5.38. The predicted octanol–water partition coefficient (Wildman–Crippen LogP) is 0.100. The Kier molecular flexibility index (Phi) is 2.79. The summed E-state index contributed by atoms with van der Waals surface area (Å²) in [6.07, 6.45) is 3.20. The summed E-state index contributed by atoms with van der Waals surface area (Å²) in [7, 11) is 2.11. The fourth-order valence-electron chi connectivity index (χ4n) is 1.60. The Hall–Kier alpha value is -1.67. The van der Waals surface area contributed by atoms with Gasteiger partial charge in [0.2, 0.25) is 0 Å². The zero-order chi connectivity index (χ0) is 10.7. The van der Waals surface area contributed by atoms with Crippen molar-refractivity contribution in [1.82, 2.24) is 14.9 Å². The molecule has 1 fully saturated rings. The molecule has 15 heavy (non-hydrogen) atoms. The second-order valence-electron chi connectivity index (χ2n) is 3.66. The van der Waals surface area contributed by atoms with Crippen LogP contribution in [0, 0.1) is 11.3 Å². The third-order valence-electron chi connectivity index (χ3n) is 2.56. The minimum atomic E-state index is 0.381. The summed E-state index contributed by atoms with van der Waals surface area (Å²) in [6, 6.07) is 2.00. The van der Waals surface area contributed by atoms with E-state index in [0.29, 0.717) is 5.69 Å². The molecule has 2 rings (SSSR count). The molecule has 1 saturated heterocycles. The van der Waals surface area contributed by atoms with Crippen LogP contribution >= 0.6 is 0 Å². The first-order valence-corrected chi connectivity index (χ1v) is 4.95. The molecule has 5 heteroatoms. The lowest BCUT2D eigenvalue weighted by atomic mass is 10.3. The van der Waals surface area contributed by atoms with Gasteiger partial charge in [-0.25, -0.2) is 4.98 Å². The van der Waals surface area contributed by atoms with Crippen LogP contribution in [0.25, 0.3) is 0 Å². The molecule has 0 amide bonds. The fourth-order valence-corrected chi connectivity index (χ4v) is 1.60. The molecule has 2 heterocycles. The van der Waals surface area contributed by atoms with E-state index in [1.54, 1.807) is 6.20 Å². The highest BCUT2D eigenvalue weighted by Crippen LogP contribution is 2.11. The van der Waals surface area contributed by atoms with E-state index in [1.165, 1.54) is 6.20 Å². The SMILES string of the molecule is CN1CCN(c2cncc(C#N)n2)CC1. The first kappa shape index (κ1) is 9.87. The third kappa shape index (κ3) is 2.22. The first-order valence-electron chi connectivity index (χ1n) is 4.95. The Morgan fingerprint density at radius 3 is 2.67 bits per heavy atom. The molecule has 1 aliphatic heterocycles. The van der Waals surface area contributed by atoms with E-state index in [4.69, 9.17) is 5.26 Å². The summed E-state index contributed by atoms with van der Waals surface area (Å²) >= 11 is 0. The molecular weight excluding hydrogens is 190 g/mol. The number of anilines is 1. The number of aromatic nitrogens is 2. The molecule has 0 aromatic carbocycles. The molecule has 78 valence electrons. The van der Waals surface area contributed by atoms with Crippen LogP contribution in [0.5, 0.6) is 0 Å². The summed E-state index contributed by atoms with van der Waals surface area (Å²) in [4.78, 5) is 12.7. The predicted molar refractivity (Wildman–Crippen MR) is 56.5 cm³/mol. The van der Waals surface area contributed by atoms with Gasteiger partial charge in [-0.1, -0.05) is 0 Å². The largest absolute Gasteiger partial charge is 0.353 e. The molecule has 5 nitrogen and oxygen atoms in total. The molecule has 0 unspecified atom stereocenters. The Balaban J connectivity index is 2.12. The zero-order valence-electron chi connectivity index (χ0n) is 8.72. The molecule has 0 radical (unpaired) electrons. The normalized spacial score (nSPS) is 17.5. The lowest BCUT2D eigenvalue weighted by Gasteiger charge is -2.32. The van der Waals surface area contributed by atoms with Crippen LogP contribution in [0.2, 0.25) is 0 Å². The van der Waals surface area contributed by atoms with Gasteiger partial charge in [0.25, 0.3) is 0 Å². The van der Waals surface area contributed by atoms with Crippen molar-refractivity contribution >= 4 is 5.82 Å². The summed E-state index contributed by atoms with van der Waals surface area (Å²) in [5, 5.41) is 8.72. The minimum Gasteiger partial charge on any atom is -0.353 e. The second kappa shape index (κ2) is 4.24. The van der Waals surface area contributed by atoms with Crippen LogP contribution in [0.1, 0.15) is 5.69 Å². The van der Waals surface area contributed by atoms with E-state index in [2.05, 4.69) is 26.8 Å². The van der Waals surface area contributed by atoms with Crippen molar-refractivity contribution < 1.29 is 0 Å². The molecule has 1 aromatic rings. The standard InChI is InChI=1S/C10H13N5/c1-14-2-4-15(5-3-14)10-8-12-7-9(6-11)13-10/h7-8H,2-5H2,1H3. The number of nitriles is 1. The van der Waals surface area contributed by atoms with Crippen molar-refractivity contribution in [2.75, 3.05) is 38.1 Å². The molecule has 0 saturated carbocycles. The average Bonchev–Trinajstić information content (AvgIpc) is 2.30. The van der Waals surface area contributed by atoms with E-state index in [1.807, 2.05) is 6.07 Å². The van der Waals surface area contributed by atoms with E-state index in [9.17, 15) is 0 Å². The Morgan fingerprint density at radius 2 is 2.00 bits per heavy atom. The van der Waals surface area contributed by atoms with Crippen LogP contribution in [0.3, 0.4) is 0 Å². The van der Waals surface area contributed by atoms with Crippen LogP contribution in [0.4, 0.5) is 5.82 Å². The monoisotopic (exact) mass is 203 g/mol. The maximum atomic E-state index is 8.72. The van der Waals surface area contributed by atoms with Crippen LogP contribution in [0.15, 0.2) is 12.4 Å². The highest BCUT2D eigenvalue weighted by atomic mass is 15.3. The van der Waals surface area contributed by atoms with Gasteiger partial charge in [-0.15, -0.1) is 0 Å². The van der Waals surface area contributed by atoms with E-state index < -0.39 is 0 Å². The van der Waals surface area contributed by atoms with Gasteiger partial charge in [0.15, 0.2) is 5.69 Å². The molecule has 1 aromatic heterocycles. The van der Waals surface area contributed by atoms with Crippen molar-refractivity contribution in [1.29, 1.82) is 5.26 Å². The minimum absolute atomic E-state index is 0.381. The summed E-state index contributed by atoms with van der Waals surface area (Å²) < 4.78 is 0. The molecular formula is C10H13N5. The lowest BCUT2D eigenvalue weighted by Crippen LogP contribution is -2.44. The molecule has 0 N–H and O–H groups in total. The van der Waals surface area contributed by atoms with E-state index >= 15 is 0 Å². The maximum Gasteiger partial charge on any atom is 0.161 e. The maximum absolute atomic E-state index is 8.72. The zero-order valence-corrected chi connectivity index (χ0v) is 8.72. The first-order chi connectivity index (χ1) is 7.29.